The smallest absolute Gasteiger partial charge is 0.322 e. The molecule has 110 valence electrons. The molecular formula is C16H14F3NO. The number of anilines is 1. The minimum Gasteiger partial charge on any atom is -0.322 e. The van der Waals surface area contributed by atoms with Crippen LogP contribution in [0.4, 0.5) is 18.9 Å². The minimum absolute atomic E-state index is 0.0215. The maximum Gasteiger partial charge on any atom is 0.416 e. The average Bonchev–Trinajstić information content (AvgIpc) is 2.46. The van der Waals surface area contributed by atoms with Gasteiger partial charge in [0.2, 0.25) is 0 Å². The Morgan fingerprint density at radius 3 is 2.48 bits per heavy atom. The molecule has 2 aromatic rings. The Balaban J connectivity index is 2.20. The van der Waals surface area contributed by atoms with E-state index in [4.69, 9.17) is 0 Å². The second-order valence-corrected chi connectivity index (χ2v) is 4.59. The summed E-state index contributed by atoms with van der Waals surface area (Å²) in [7, 11) is 0. The van der Waals surface area contributed by atoms with Gasteiger partial charge >= 0.3 is 6.18 Å². The van der Waals surface area contributed by atoms with Crippen LogP contribution in [0.25, 0.3) is 0 Å². The highest BCUT2D eigenvalue weighted by Gasteiger charge is 2.30. The lowest BCUT2D eigenvalue weighted by molar-refractivity contribution is -0.137. The van der Waals surface area contributed by atoms with Crippen molar-refractivity contribution in [2.75, 3.05) is 5.32 Å². The first-order chi connectivity index (χ1) is 9.90. The summed E-state index contributed by atoms with van der Waals surface area (Å²) in [6, 6.07) is 11.6. The van der Waals surface area contributed by atoms with Gasteiger partial charge in [-0.25, -0.2) is 0 Å². The lowest BCUT2D eigenvalue weighted by Crippen LogP contribution is -2.14. The number of alkyl halides is 3. The first kappa shape index (κ1) is 15.1. The van der Waals surface area contributed by atoms with Gasteiger partial charge in [-0.15, -0.1) is 0 Å². The molecule has 0 radical (unpaired) electrons. The highest BCUT2D eigenvalue weighted by molar-refractivity contribution is 6.04. The van der Waals surface area contributed by atoms with Crippen molar-refractivity contribution in [2.24, 2.45) is 0 Å². The van der Waals surface area contributed by atoms with Gasteiger partial charge in [-0.3, -0.25) is 4.79 Å². The molecule has 2 aromatic carbocycles. The summed E-state index contributed by atoms with van der Waals surface area (Å²) in [5.41, 5.74) is 0.748. The largest absolute Gasteiger partial charge is 0.416 e. The molecule has 0 bridgehead atoms. The van der Waals surface area contributed by atoms with Gasteiger partial charge in [0.25, 0.3) is 5.91 Å². The van der Waals surface area contributed by atoms with Crippen molar-refractivity contribution in [2.45, 2.75) is 19.5 Å². The average molecular weight is 293 g/mol. The predicted molar refractivity (Wildman–Crippen MR) is 75.2 cm³/mol. The number of nitrogens with one attached hydrogen (secondary N) is 1. The molecule has 0 aliphatic rings. The number of benzene rings is 2. The molecule has 0 heterocycles. The Labute approximate surface area is 120 Å². The van der Waals surface area contributed by atoms with Crippen LogP contribution < -0.4 is 5.32 Å². The fourth-order valence-corrected chi connectivity index (χ4v) is 1.91. The third-order valence-electron chi connectivity index (χ3n) is 3.05. The molecule has 0 saturated heterocycles. The molecule has 1 N–H and O–H groups in total. The van der Waals surface area contributed by atoms with E-state index < -0.39 is 17.6 Å². The molecule has 21 heavy (non-hydrogen) atoms. The van der Waals surface area contributed by atoms with E-state index in [2.05, 4.69) is 5.32 Å². The molecular weight excluding hydrogens is 279 g/mol. The van der Waals surface area contributed by atoms with Crippen LogP contribution in [0.1, 0.15) is 28.4 Å². The van der Waals surface area contributed by atoms with Crippen molar-refractivity contribution in [3.63, 3.8) is 0 Å². The highest BCUT2D eigenvalue weighted by Crippen LogP contribution is 2.29. The van der Waals surface area contributed by atoms with Crippen LogP contribution in [0.15, 0.2) is 48.5 Å². The summed E-state index contributed by atoms with van der Waals surface area (Å²) in [5, 5.41) is 2.61. The van der Waals surface area contributed by atoms with Crippen molar-refractivity contribution < 1.29 is 18.0 Å². The van der Waals surface area contributed by atoms with Crippen molar-refractivity contribution in [1.82, 2.24) is 0 Å². The Hall–Kier alpha value is -2.30. The Morgan fingerprint density at radius 2 is 1.81 bits per heavy atom. The van der Waals surface area contributed by atoms with Gasteiger partial charge in [0, 0.05) is 11.3 Å². The molecule has 0 atom stereocenters. The molecule has 1 amide bonds. The number of hydrogen-bond acceptors (Lipinski definition) is 1. The summed E-state index contributed by atoms with van der Waals surface area (Å²) in [5.74, 6) is -0.561. The van der Waals surface area contributed by atoms with E-state index in [1.54, 1.807) is 18.2 Å². The normalized spacial score (nSPS) is 11.2. The number of aryl methyl sites for hydroxylation is 1. The van der Waals surface area contributed by atoms with Crippen LogP contribution in [-0.4, -0.2) is 5.91 Å². The summed E-state index contributed by atoms with van der Waals surface area (Å²) in [6.45, 7) is 1.98. The van der Waals surface area contributed by atoms with Crippen molar-refractivity contribution in [1.29, 1.82) is 0 Å². The lowest BCUT2D eigenvalue weighted by atomic mass is 10.1. The predicted octanol–water partition coefficient (Wildman–Crippen LogP) is 4.52. The third kappa shape index (κ3) is 3.84. The van der Waals surface area contributed by atoms with Crippen LogP contribution in [0, 0.1) is 0 Å². The lowest BCUT2D eigenvalue weighted by Gasteiger charge is -2.10. The zero-order chi connectivity index (χ0) is 15.5. The molecule has 2 rings (SSSR count). The van der Waals surface area contributed by atoms with Gasteiger partial charge in [-0.05, 0) is 42.3 Å². The minimum atomic E-state index is -4.46. The second kappa shape index (κ2) is 5.99. The zero-order valence-electron chi connectivity index (χ0n) is 11.4. The second-order valence-electron chi connectivity index (χ2n) is 4.59. The first-order valence-electron chi connectivity index (χ1n) is 6.47. The molecule has 0 aromatic heterocycles. The number of rotatable bonds is 3. The Morgan fingerprint density at radius 1 is 1.10 bits per heavy atom. The van der Waals surface area contributed by atoms with Gasteiger partial charge in [0.15, 0.2) is 0 Å². The number of carbonyl (C=O) groups is 1. The number of halogens is 3. The number of hydrogen-bond donors (Lipinski definition) is 1. The first-order valence-corrected chi connectivity index (χ1v) is 6.47. The molecule has 5 heteroatoms. The van der Waals surface area contributed by atoms with Gasteiger partial charge in [0.1, 0.15) is 0 Å². The maximum atomic E-state index is 12.6. The number of amides is 1. The summed E-state index contributed by atoms with van der Waals surface area (Å²) >= 11 is 0. The Kier molecular flexibility index (Phi) is 4.31. The fraction of sp³-hybridized carbons (Fsp3) is 0.188. The van der Waals surface area contributed by atoms with Crippen molar-refractivity contribution >= 4 is 11.6 Å². The van der Waals surface area contributed by atoms with Gasteiger partial charge in [-0.1, -0.05) is 25.1 Å². The van der Waals surface area contributed by atoms with E-state index in [0.29, 0.717) is 5.69 Å². The summed E-state index contributed by atoms with van der Waals surface area (Å²) in [4.78, 5) is 12.0. The molecule has 0 saturated carbocycles. The molecule has 0 fully saturated rings. The molecule has 0 spiro atoms. The standard InChI is InChI=1S/C16H14F3NO/c1-2-11-5-3-8-14(9-11)20-15(21)12-6-4-7-13(10-12)16(17,18)19/h3-10H,2H2,1H3,(H,20,21). The molecule has 2 nitrogen and oxygen atoms in total. The fourth-order valence-electron chi connectivity index (χ4n) is 1.91. The topological polar surface area (TPSA) is 29.1 Å². The van der Waals surface area contributed by atoms with E-state index in [1.165, 1.54) is 12.1 Å². The van der Waals surface area contributed by atoms with E-state index in [9.17, 15) is 18.0 Å². The van der Waals surface area contributed by atoms with E-state index in [-0.39, 0.29) is 5.56 Å². The summed E-state index contributed by atoms with van der Waals surface area (Å²) in [6.07, 6.45) is -3.65. The quantitative estimate of drug-likeness (QED) is 0.885. The van der Waals surface area contributed by atoms with Crippen molar-refractivity contribution in [3.05, 3.63) is 65.2 Å². The zero-order valence-corrected chi connectivity index (χ0v) is 11.4. The van der Waals surface area contributed by atoms with Crippen molar-refractivity contribution in [3.8, 4) is 0 Å². The van der Waals surface area contributed by atoms with Crippen LogP contribution >= 0.6 is 0 Å². The van der Waals surface area contributed by atoms with E-state index in [0.717, 1.165) is 24.1 Å². The van der Waals surface area contributed by atoms with Crippen LogP contribution in [0.3, 0.4) is 0 Å². The van der Waals surface area contributed by atoms with Gasteiger partial charge < -0.3 is 5.32 Å². The SMILES string of the molecule is CCc1cccc(NC(=O)c2cccc(C(F)(F)F)c2)c1. The van der Waals surface area contributed by atoms with E-state index in [1.807, 2.05) is 13.0 Å². The van der Waals surface area contributed by atoms with E-state index >= 15 is 0 Å². The number of carbonyl (C=O) groups excluding carboxylic acids is 1. The maximum absolute atomic E-state index is 12.6. The molecule has 0 aliphatic carbocycles. The monoisotopic (exact) mass is 293 g/mol. The highest BCUT2D eigenvalue weighted by atomic mass is 19.4. The van der Waals surface area contributed by atoms with Crippen LogP contribution in [-0.2, 0) is 12.6 Å². The van der Waals surface area contributed by atoms with Crippen LogP contribution in [0.2, 0.25) is 0 Å². The van der Waals surface area contributed by atoms with Gasteiger partial charge in [-0.2, -0.15) is 13.2 Å². The molecule has 0 aliphatic heterocycles. The third-order valence-corrected chi connectivity index (χ3v) is 3.05. The summed E-state index contributed by atoms with van der Waals surface area (Å²) < 4.78 is 37.9. The van der Waals surface area contributed by atoms with Gasteiger partial charge in [0.05, 0.1) is 5.56 Å². The van der Waals surface area contributed by atoms with Crippen LogP contribution in [0.5, 0.6) is 0 Å². The molecule has 0 unspecified atom stereocenters. The Bertz CT molecular complexity index is 650.